The van der Waals surface area contributed by atoms with E-state index >= 15 is 0 Å². The van der Waals surface area contributed by atoms with Gasteiger partial charge >= 0.3 is 6.09 Å². The van der Waals surface area contributed by atoms with Crippen LogP contribution in [0, 0.1) is 0 Å². The molecule has 0 spiro atoms. The number of hydrogen-bond donors (Lipinski definition) is 1. The summed E-state index contributed by atoms with van der Waals surface area (Å²) in [5.74, 6) is 0.380. The number of likely N-dealkylation sites (tertiary alicyclic amines) is 1. The van der Waals surface area contributed by atoms with Gasteiger partial charge in [0.15, 0.2) is 15.5 Å². The predicted molar refractivity (Wildman–Crippen MR) is 122 cm³/mol. The first-order valence-corrected chi connectivity index (χ1v) is 11.7. The lowest BCUT2D eigenvalue weighted by Gasteiger charge is -2.38. The lowest BCUT2D eigenvalue weighted by molar-refractivity contribution is -0.117. The highest BCUT2D eigenvalue weighted by molar-refractivity contribution is 7.22. The van der Waals surface area contributed by atoms with Crippen LogP contribution in [0.3, 0.4) is 0 Å². The van der Waals surface area contributed by atoms with E-state index in [0.717, 1.165) is 32.5 Å². The van der Waals surface area contributed by atoms with Crippen LogP contribution >= 0.6 is 11.3 Å². The molecular formula is C22H26N6O3S. The molecule has 1 amide bonds. The molecule has 2 aliphatic heterocycles. The third kappa shape index (κ3) is 4.38. The van der Waals surface area contributed by atoms with Crippen LogP contribution in [0.15, 0.2) is 36.7 Å². The summed E-state index contributed by atoms with van der Waals surface area (Å²) in [6.07, 6.45) is 5.26. The molecular weight excluding hydrogens is 428 g/mol. The monoisotopic (exact) mass is 454 g/mol. The maximum Gasteiger partial charge on any atom is 0.432 e. The number of carbonyl (C=O) groups excluding carboxylic acids is 1. The van der Waals surface area contributed by atoms with E-state index in [1.165, 1.54) is 43.2 Å². The number of nitrogens with zero attached hydrogens (tertiary/aromatic N) is 5. The van der Waals surface area contributed by atoms with E-state index in [-0.39, 0.29) is 0 Å². The van der Waals surface area contributed by atoms with Gasteiger partial charge in [-0.05, 0) is 37.8 Å². The zero-order valence-corrected chi connectivity index (χ0v) is 18.8. The van der Waals surface area contributed by atoms with Crippen molar-refractivity contribution in [1.29, 1.82) is 0 Å². The Kier molecular flexibility index (Phi) is 6.15. The lowest BCUT2D eigenvalue weighted by atomic mass is 9.99. The van der Waals surface area contributed by atoms with Gasteiger partial charge in [-0.2, -0.15) is 4.98 Å². The van der Waals surface area contributed by atoms with E-state index in [4.69, 9.17) is 9.57 Å². The highest BCUT2D eigenvalue weighted by atomic mass is 32.1. The number of hydroxylamine groups is 2. The standard InChI is InChI=1S/C22H26N6O3S/c1-30-19-18-20(24-14-23-19)32-21(25-18)26-22(29)31-27-12-9-16(10-13-27)28-11-5-8-17(28)15-6-3-2-4-7-15/h2-4,6-7,14,16-17H,5,8-13H2,1H3,(H,25,26,29). The SMILES string of the molecule is COc1ncnc2sc(NC(=O)ON3CCC(N4CCCC4c4ccccc4)CC3)nc12. The Morgan fingerprint density at radius 1 is 1.12 bits per heavy atom. The minimum Gasteiger partial charge on any atom is -0.479 e. The van der Waals surface area contributed by atoms with Crippen LogP contribution in [0.2, 0.25) is 0 Å². The van der Waals surface area contributed by atoms with Gasteiger partial charge in [-0.15, -0.1) is 5.06 Å². The van der Waals surface area contributed by atoms with Crippen molar-refractivity contribution >= 4 is 32.9 Å². The summed E-state index contributed by atoms with van der Waals surface area (Å²) < 4.78 is 5.19. The molecule has 2 aromatic heterocycles. The predicted octanol–water partition coefficient (Wildman–Crippen LogP) is 3.86. The van der Waals surface area contributed by atoms with Crippen molar-refractivity contribution in [2.75, 3.05) is 32.1 Å². The molecule has 2 saturated heterocycles. The third-order valence-corrected chi connectivity index (χ3v) is 7.03. The van der Waals surface area contributed by atoms with E-state index < -0.39 is 6.09 Å². The Balaban J connectivity index is 1.14. The summed E-state index contributed by atoms with van der Waals surface area (Å²) in [5.41, 5.74) is 1.93. The van der Waals surface area contributed by atoms with Crippen LogP contribution in [-0.4, -0.2) is 63.8 Å². The van der Waals surface area contributed by atoms with Crippen molar-refractivity contribution in [3.8, 4) is 5.88 Å². The first kappa shape index (κ1) is 21.0. The van der Waals surface area contributed by atoms with Gasteiger partial charge in [0.2, 0.25) is 5.88 Å². The number of benzene rings is 1. The quantitative estimate of drug-likeness (QED) is 0.621. The second kappa shape index (κ2) is 9.35. The fourth-order valence-electron chi connectivity index (χ4n) is 4.69. The molecule has 3 aromatic rings. The number of carbonyl (C=O) groups is 1. The van der Waals surface area contributed by atoms with E-state index in [0.29, 0.717) is 33.4 Å². The number of aromatic nitrogens is 3. The number of fused-ring (bicyclic) bond motifs is 1. The topological polar surface area (TPSA) is 92.7 Å². The summed E-state index contributed by atoms with van der Waals surface area (Å²) in [4.78, 5) is 33.8. The first-order valence-electron chi connectivity index (χ1n) is 10.9. The van der Waals surface area contributed by atoms with E-state index in [1.54, 1.807) is 5.06 Å². The van der Waals surface area contributed by atoms with Crippen LogP contribution in [0.5, 0.6) is 5.88 Å². The molecule has 5 rings (SSSR count). The number of thiazole rings is 1. The fourth-order valence-corrected chi connectivity index (χ4v) is 5.47. The molecule has 9 nitrogen and oxygen atoms in total. The molecule has 32 heavy (non-hydrogen) atoms. The molecule has 168 valence electrons. The fraction of sp³-hybridized carbons (Fsp3) is 0.455. The molecule has 1 N–H and O–H groups in total. The molecule has 2 fully saturated rings. The second-order valence-corrected chi connectivity index (χ2v) is 9.00. The van der Waals surface area contributed by atoms with Crippen molar-refractivity contribution in [2.24, 2.45) is 0 Å². The molecule has 0 bridgehead atoms. The number of ether oxygens (including phenoxy) is 1. The Labute approximate surface area is 190 Å². The summed E-state index contributed by atoms with van der Waals surface area (Å²) in [5, 5.41) is 4.84. The van der Waals surface area contributed by atoms with E-state index in [2.05, 4.69) is 55.5 Å². The van der Waals surface area contributed by atoms with Crippen molar-refractivity contribution in [2.45, 2.75) is 37.8 Å². The largest absolute Gasteiger partial charge is 0.479 e. The zero-order chi connectivity index (χ0) is 21.9. The summed E-state index contributed by atoms with van der Waals surface area (Å²) in [6, 6.07) is 11.8. The van der Waals surface area contributed by atoms with Gasteiger partial charge in [0, 0.05) is 25.2 Å². The van der Waals surface area contributed by atoms with Crippen LogP contribution in [0.4, 0.5) is 9.93 Å². The van der Waals surface area contributed by atoms with Gasteiger partial charge in [-0.25, -0.2) is 14.8 Å². The van der Waals surface area contributed by atoms with Gasteiger partial charge in [-0.3, -0.25) is 10.2 Å². The van der Waals surface area contributed by atoms with Crippen molar-refractivity contribution in [1.82, 2.24) is 24.9 Å². The summed E-state index contributed by atoms with van der Waals surface area (Å²) >= 11 is 1.25. The molecule has 10 heteroatoms. The third-order valence-electron chi connectivity index (χ3n) is 6.15. The van der Waals surface area contributed by atoms with Crippen molar-refractivity contribution in [3.63, 3.8) is 0 Å². The number of amides is 1. The number of methoxy groups -OCH3 is 1. The molecule has 0 radical (unpaired) electrons. The smallest absolute Gasteiger partial charge is 0.432 e. The summed E-state index contributed by atoms with van der Waals surface area (Å²) in [7, 11) is 1.52. The number of hydrogen-bond acceptors (Lipinski definition) is 9. The average molecular weight is 455 g/mol. The molecule has 2 aliphatic rings. The maximum absolute atomic E-state index is 12.4. The van der Waals surface area contributed by atoms with Crippen LogP contribution in [0.25, 0.3) is 10.3 Å². The highest BCUT2D eigenvalue weighted by Crippen LogP contribution is 2.36. The van der Waals surface area contributed by atoms with Crippen molar-refractivity contribution < 1.29 is 14.4 Å². The van der Waals surface area contributed by atoms with E-state index in [9.17, 15) is 4.79 Å². The van der Waals surface area contributed by atoms with E-state index in [1.807, 2.05) is 0 Å². The van der Waals surface area contributed by atoms with Gasteiger partial charge in [0.25, 0.3) is 0 Å². The first-order chi connectivity index (χ1) is 15.7. The maximum atomic E-state index is 12.4. The van der Waals surface area contributed by atoms with Crippen LogP contribution in [-0.2, 0) is 4.84 Å². The average Bonchev–Trinajstić information content (AvgIpc) is 3.47. The molecule has 1 aromatic carbocycles. The molecule has 0 saturated carbocycles. The number of anilines is 1. The summed E-state index contributed by atoms with van der Waals surface area (Å²) in [6.45, 7) is 2.57. The Hall–Kier alpha value is -2.82. The lowest BCUT2D eigenvalue weighted by Crippen LogP contribution is -2.45. The van der Waals surface area contributed by atoms with Gasteiger partial charge in [-0.1, -0.05) is 41.7 Å². The molecule has 1 unspecified atom stereocenters. The highest BCUT2D eigenvalue weighted by Gasteiger charge is 2.34. The molecule has 1 atom stereocenters. The number of nitrogens with one attached hydrogen (secondary N) is 1. The normalized spacial score (nSPS) is 20.5. The van der Waals surface area contributed by atoms with Gasteiger partial charge in [0.1, 0.15) is 6.33 Å². The second-order valence-electron chi connectivity index (χ2n) is 8.03. The van der Waals surface area contributed by atoms with Gasteiger partial charge in [0.05, 0.1) is 7.11 Å². The van der Waals surface area contributed by atoms with Crippen molar-refractivity contribution in [3.05, 3.63) is 42.2 Å². The Bertz CT molecular complexity index is 1070. The Morgan fingerprint density at radius 3 is 2.72 bits per heavy atom. The number of rotatable bonds is 5. The van der Waals surface area contributed by atoms with Gasteiger partial charge < -0.3 is 9.57 Å². The number of piperidine rings is 1. The van der Waals surface area contributed by atoms with Crippen LogP contribution in [0.1, 0.15) is 37.3 Å². The molecule has 0 aliphatic carbocycles. The minimum atomic E-state index is -0.544. The zero-order valence-electron chi connectivity index (χ0n) is 17.9. The van der Waals surface area contributed by atoms with Crippen LogP contribution < -0.4 is 10.1 Å². The Morgan fingerprint density at radius 2 is 1.94 bits per heavy atom. The minimum absolute atomic E-state index is 0.380. The molecule has 4 heterocycles.